The monoisotopic (exact) mass is 332 g/mol. The van der Waals surface area contributed by atoms with Crippen molar-refractivity contribution in [2.45, 2.75) is 19.8 Å². The van der Waals surface area contributed by atoms with Crippen LogP contribution in [0.2, 0.25) is 0 Å². The highest BCUT2D eigenvalue weighted by Gasteiger charge is 2.12. The zero-order chi connectivity index (χ0) is 15.5. The van der Waals surface area contributed by atoms with Crippen LogP contribution in [0.4, 0.5) is 11.4 Å². The molecular formula is C18H21ClN2O2. The molecule has 0 spiro atoms. The second-order valence-electron chi connectivity index (χ2n) is 5.54. The van der Waals surface area contributed by atoms with Crippen molar-refractivity contribution in [3.05, 3.63) is 53.1 Å². The highest BCUT2D eigenvalue weighted by molar-refractivity contribution is 6.04. The molecule has 3 rings (SSSR count). The topological polar surface area (TPSA) is 50.4 Å². The van der Waals surface area contributed by atoms with E-state index < -0.39 is 0 Å². The van der Waals surface area contributed by atoms with Gasteiger partial charge in [-0.3, -0.25) is 4.79 Å². The van der Waals surface area contributed by atoms with E-state index in [1.54, 1.807) is 13.2 Å². The molecule has 2 aromatic carbocycles. The first-order valence-electron chi connectivity index (χ1n) is 7.50. The molecule has 0 radical (unpaired) electrons. The summed E-state index contributed by atoms with van der Waals surface area (Å²) in [6.07, 6.45) is 2.17. The van der Waals surface area contributed by atoms with Crippen molar-refractivity contribution in [3.63, 3.8) is 0 Å². The minimum Gasteiger partial charge on any atom is -0.496 e. The Kier molecular flexibility index (Phi) is 5.50. The van der Waals surface area contributed by atoms with Crippen molar-refractivity contribution in [3.8, 4) is 5.75 Å². The third-order valence-electron chi connectivity index (χ3n) is 3.97. The van der Waals surface area contributed by atoms with Crippen LogP contribution in [0.25, 0.3) is 0 Å². The van der Waals surface area contributed by atoms with Crippen LogP contribution in [0.1, 0.15) is 27.9 Å². The first-order valence-corrected chi connectivity index (χ1v) is 7.50. The number of hydrogen-bond donors (Lipinski definition) is 2. The second-order valence-corrected chi connectivity index (χ2v) is 5.54. The summed E-state index contributed by atoms with van der Waals surface area (Å²) in [4.78, 5) is 12.4. The SMILES string of the molecule is COc1cc(C(=O)Nc2ccc3c(c2)CCCN3)ccc1C.Cl. The molecule has 2 N–H and O–H groups in total. The third kappa shape index (κ3) is 3.77. The summed E-state index contributed by atoms with van der Waals surface area (Å²) in [5, 5.41) is 6.32. The van der Waals surface area contributed by atoms with Gasteiger partial charge in [-0.05, 0) is 61.2 Å². The molecule has 4 nitrogen and oxygen atoms in total. The van der Waals surface area contributed by atoms with Gasteiger partial charge in [0.2, 0.25) is 0 Å². The number of fused-ring (bicyclic) bond motifs is 1. The van der Waals surface area contributed by atoms with Gasteiger partial charge in [0.15, 0.2) is 0 Å². The molecule has 5 heteroatoms. The average Bonchev–Trinajstić information content (AvgIpc) is 2.55. The fourth-order valence-electron chi connectivity index (χ4n) is 2.72. The van der Waals surface area contributed by atoms with Crippen LogP contribution in [0, 0.1) is 6.92 Å². The van der Waals surface area contributed by atoms with Crippen LogP contribution in [0.15, 0.2) is 36.4 Å². The molecule has 1 aliphatic heterocycles. The van der Waals surface area contributed by atoms with Gasteiger partial charge in [-0.15, -0.1) is 12.4 Å². The van der Waals surface area contributed by atoms with E-state index in [2.05, 4.69) is 10.6 Å². The van der Waals surface area contributed by atoms with Gasteiger partial charge in [-0.25, -0.2) is 0 Å². The maximum absolute atomic E-state index is 12.4. The van der Waals surface area contributed by atoms with E-state index in [-0.39, 0.29) is 18.3 Å². The van der Waals surface area contributed by atoms with Gasteiger partial charge in [0.25, 0.3) is 5.91 Å². The number of rotatable bonds is 3. The van der Waals surface area contributed by atoms with Crippen LogP contribution in [-0.4, -0.2) is 19.6 Å². The Balaban J connectivity index is 0.00000192. The number of carbonyl (C=O) groups excluding carboxylic acids is 1. The van der Waals surface area contributed by atoms with Gasteiger partial charge in [0.05, 0.1) is 7.11 Å². The van der Waals surface area contributed by atoms with Gasteiger partial charge in [0, 0.05) is 23.5 Å². The minimum atomic E-state index is -0.123. The summed E-state index contributed by atoms with van der Waals surface area (Å²) in [7, 11) is 1.61. The van der Waals surface area contributed by atoms with Crippen LogP contribution in [0.3, 0.4) is 0 Å². The number of halogens is 1. The predicted octanol–water partition coefficient (Wildman–Crippen LogP) is 4.04. The lowest BCUT2D eigenvalue weighted by atomic mass is 10.0. The van der Waals surface area contributed by atoms with Crippen molar-refractivity contribution in [2.75, 3.05) is 24.3 Å². The molecule has 0 atom stereocenters. The van der Waals surface area contributed by atoms with Crippen molar-refractivity contribution in [1.82, 2.24) is 0 Å². The molecule has 0 saturated heterocycles. The first kappa shape index (κ1) is 17.2. The van der Waals surface area contributed by atoms with Gasteiger partial charge in [0.1, 0.15) is 5.75 Å². The van der Waals surface area contributed by atoms with E-state index in [4.69, 9.17) is 4.74 Å². The second kappa shape index (κ2) is 7.38. The van der Waals surface area contributed by atoms with E-state index in [0.29, 0.717) is 5.56 Å². The van der Waals surface area contributed by atoms with Crippen LogP contribution in [0.5, 0.6) is 5.75 Å². The molecule has 2 aromatic rings. The Hall–Kier alpha value is -2.20. The molecule has 1 amide bonds. The summed E-state index contributed by atoms with van der Waals surface area (Å²) >= 11 is 0. The summed E-state index contributed by atoms with van der Waals surface area (Å²) in [5.41, 5.74) is 4.86. The quantitative estimate of drug-likeness (QED) is 0.892. The van der Waals surface area contributed by atoms with Crippen molar-refractivity contribution in [1.29, 1.82) is 0 Å². The zero-order valence-electron chi connectivity index (χ0n) is 13.3. The van der Waals surface area contributed by atoms with Crippen LogP contribution in [-0.2, 0) is 6.42 Å². The molecule has 0 saturated carbocycles. The van der Waals surface area contributed by atoms with Crippen molar-refractivity contribution >= 4 is 29.7 Å². The lowest BCUT2D eigenvalue weighted by Gasteiger charge is -2.19. The highest BCUT2D eigenvalue weighted by atomic mass is 35.5. The summed E-state index contributed by atoms with van der Waals surface area (Å²) in [5.74, 6) is 0.601. The molecule has 0 unspecified atom stereocenters. The molecule has 1 aliphatic rings. The molecular weight excluding hydrogens is 312 g/mol. The number of nitrogens with one attached hydrogen (secondary N) is 2. The number of ether oxygens (including phenoxy) is 1. The van der Waals surface area contributed by atoms with Gasteiger partial charge in [-0.2, -0.15) is 0 Å². The predicted molar refractivity (Wildman–Crippen MR) is 96.2 cm³/mol. The molecule has 1 heterocycles. The Bertz CT molecular complexity index is 716. The van der Waals surface area contributed by atoms with Gasteiger partial charge < -0.3 is 15.4 Å². The number of aryl methyl sites for hydroxylation is 2. The van der Waals surface area contributed by atoms with E-state index in [0.717, 1.165) is 36.4 Å². The van der Waals surface area contributed by atoms with Crippen LogP contribution < -0.4 is 15.4 Å². The van der Waals surface area contributed by atoms with E-state index in [9.17, 15) is 4.79 Å². The molecule has 0 aromatic heterocycles. The fourth-order valence-corrected chi connectivity index (χ4v) is 2.72. The normalized spacial score (nSPS) is 12.4. The minimum absolute atomic E-state index is 0. The Morgan fingerprint density at radius 2 is 2.04 bits per heavy atom. The molecule has 0 aliphatic carbocycles. The lowest BCUT2D eigenvalue weighted by molar-refractivity contribution is 0.102. The average molecular weight is 333 g/mol. The Morgan fingerprint density at radius 3 is 2.83 bits per heavy atom. The maximum atomic E-state index is 12.4. The summed E-state index contributed by atoms with van der Waals surface area (Å²) < 4.78 is 5.27. The highest BCUT2D eigenvalue weighted by Crippen LogP contribution is 2.26. The molecule has 0 bridgehead atoms. The van der Waals surface area contributed by atoms with Crippen molar-refractivity contribution in [2.24, 2.45) is 0 Å². The van der Waals surface area contributed by atoms with Crippen LogP contribution >= 0.6 is 12.4 Å². The van der Waals surface area contributed by atoms with Gasteiger partial charge in [-0.1, -0.05) is 6.07 Å². The number of anilines is 2. The number of benzene rings is 2. The smallest absolute Gasteiger partial charge is 0.255 e. The summed E-state index contributed by atoms with van der Waals surface area (Å²) in [6.45, 7) is 2.97. The molecule has 0 fully saturated rings. The standard InChI is InChI=1S/C18H20N2O2.ClH/c1-12-5-6-14(11-17(12)22-2)18(21)20-15-7-8-16-13(10-15)4-3-9-19-16;/h5-8,10-11,19H,3-4,9H2,1-2H3,(H,20,21);1H. The van der Waals surface area contributed by atoms with Crippen molar-refractivity contribution < 1.29 is 9.53 Å². The third-order valence-corrected chi connectivity index (χ3v) is 3.97. The van der Waals surface area contributed by atoms with E-state index >= 15 is 0 Å². The van der Waals surface area contributed by atoms with Gasteiger partial charge >= 0.3 is 0 Å². The molecule has 122 valence electrons. The number of hydrogen-bond acceptors (Lipinski definition) is 3. The lowest BCUT2D eigenvalue weighted by Crippen LogP contribution is -2.14. The number of amides is 1. The number of methoxy groups -OCH3 is 1. The van der Waals surface area contributed by atoms with E-state index in [1.165, 1.54) is 11.3 Å². The largest absolute Gasteiger partial charge is 0.496 e. The molecule has 23 heavy (non-hydrogen) atoms. The Labute approximate surface area is 142 Å². The Morgan fingerprint density at radius 1 is 1.22 bits per heavy atom. The first-order chi connectivity index (χ1) is 10.7. The van der Waals surface area contributed by atoms with E-state index in [1.807, 2.05) is 37.3 Å². The maximum Gasteiger partial charge on any atom is 0.255 e. The fraction of sp³-hybridized carbons (Fsp3) is 0.278. The number of carbonyl (C=O) groups is 1. The summed E-state index contributed by atoms with van der Waals surface area (Å²) in [6, 6.07) is 11.5. The zero-order valence-corrected chi connectivity index (χ0v) is 14.1.